The quantitative estimate of drug-likeness (QED) is 0.697. The molecule has 0 N–H and O–H groups in total. The van der Waals surface area contributed by atoms with Crippen LogP contribution in [0.4, 0.5) is 0 Å². The Balaban J connectivity index is 1.55. The Labute approximate surface area is 156 Å². The van der Waals surface area contributed by atoms with Crippen molar-refractivity contribution < 1.29 is 14.3 Å². The van der Waals surface area contributed by atoms with Crippen LogP contribution in [0.25, 0.3) is 0 Å². The Bertz CT molecular complexity index is 1050. The average Bonchev–Trinajstić information content (AvgIpc) is 2.69. The van der Waals surface area contributed by atoms with Crippen molar-refractivity contribution in [1.29, 1.82) is 5.26 Å². The van der Waals surface area contributed by atoms with Gasteiger partial charge in [-0.3, -0.25) is 4.79 Å². The third-order valence-corrected chi connectivity index (χ3v) is 4.39. The lowest BCUT2D eigenvalue weighted by Gasteiger charge is -2.17. The first-order valence-corrected chi connectivity index (χ1v) is 8.64. The fourth-order valence-electron chi connectivity index (χ4n) is 3.04. The molecule has 4 rings (SSSR count). The zero-order valence-electron chi connectivity index (χ0n) is 14.5. The number of benzene rings is 2. The lowest BCUT2D eigenvalue weighted by atomic mass is 10.0. The molecule has 0 radical (unpaired) electrons. The summed E-state index contributed by atoms with van der Waals surface area (Å²) in [5.41, 5.74) is 3.20. The molecule has 2 heterocycles. The Kier molecular flexibility index (Phi) is 4.54. The largest absolute Gasteiger partial charge is 0.492 e. The molecule has 3 aromatic rings. The summed E-state index contributed by atoms with van der Waals surface area (Å²) in [6.07, 6.45) is 2.70. The number of carbonyl (C=O) groups is 1. The van der Waals surface area contributed by atoms with Gasteiger partial charge < -0.3 is 9.47 Å². The third kappa shape index (κ3) is 3.65. The predicted octanol–water partition coefficient (Wildman–Crippen LogP) is 4.30. The van der Waals surface area contributed by atoms with Crippen molar-refractivity contribution in [3.05, 3.63) is 83.0 Å². The summed E-state index contributed by atoms with van der Waals surface area (Å²) >= 11 is 0. The SMILES string of the molecule is N#Cc1ccccc1Cc1ccnc(Oc2ccc3c(c2)OCCC3=O)c1. The van der Waals surface area contributed by atoms with Gasteiger partial charge in [0.1, 0.15) is 11.5 Å². The van der Waals surface area contributed by atoms with Crippen LogP contribution in [0, 0.1) is 11.3 Å². The molecule has 0 unspecified atom stereocenters. The number of Topliss-reactive ketones (excluding diaryl/α,β-unsaturated/α-hetero) is 1. The van der Waals surface area contributed by atoms with Crippen LogP contribution in [0.15, 0.2) is 60.8 Å². The first-order valence-electron chi connectivity index (χ1n) is 8.64. The summed E-state index contributed by atoms with van der Waals surface area (Å²) in [4.78, 5) is 16.1. The van der Waals surface area contributed by atoms with Crippen LogP contribution < -0.4 is 9.47 Å². The van der Waals surface area contributed by atoms with Gasteiger partial charge in [-0.25, -0.2) is 4.98 Å². The standard InChI is InChI=1S/C22H16N2O3/c23-14-17-4-2-1-3-16(17)11-15-7-9-24-22(12-15)27-18-5-6-19-20(25)8-10-26-21(19)13-18/h1-7,9,12-13H,8,10-11H2. The van der Waals surface area contributed by atoms with E-state index in [4.69, 9.17) is 9.47 Å². The Morgan fingerprint density at radius 1 is 1.15 bits per heavy atom. The van der Waals surface area contributed by atoms with Crippen LogP contribution in [0.2, 0.25) is 0 Å². The normalized spacial score (nSPS) is 12.6. The van der Waals surface area contributed by atoms with E-state index in [0.717, 1.165) is 11.1 Å². The van der Waals surface area contributed by atoms with Crippen LogP contribution >= 0.6 is 0 Å². The van der Waals surface area contributed by atoms with E-state index in [1.807, 2.05) is 36.4 Å². The molecule has 0 aliphatic carbocycles. The molecule has 0 fully saturated rings. The highest BCUT2D eigenvalue weighted by atomic mass is 16.5. The number of fused-ring (bicyclic) bond motifs is 1. The van der Waals surface area contributed by atoms with Gasteiger partial charge in [-0.2, -0.15) is 5.26 Å². The minimum atomic E-state index is 0.0825. The van der Waals surface area contributed by atoms with Gasteiger partial charge in [0.2, 0.25) is 5.88 Å². The molecule has 0 spiro atoms. The van der Waals surface area contributed by atoms with Gasteiger partial charge in [0, 0.05) is 24.8 Å². The Morgan fingerprint density at radius 3 is 2.93 bits per heavy atom. The molecular weight excluding hydrogens is 340 g/mol. The monoisotopic (exact) mass is 356 g/mol. The number of nitrogens with zero attached hydrogens (tertiary/aromatic N) is 2. The molecule has 0 saturated carbocycles. The average molecular weight is 356 g/mol. The number of ether oxygens (including phenoxy) is 2. The van der Waals surface area contributed by atoms with Gasteiger partial charge in [0.05, 0.1) is 23.8 Å². The second-order valence-electron chi connectivity index (χ2n) is 6.23. The lowest BCUT2D eigenvalue weighted by molar-refractivity contribution is 0.0933. The zero-order chi connectivity index (χ0) is 18.6. The maximum atomic E-state index is 11.9. The number of hydrogen-bond donors (Lipinski definition) is 0. The van der Waals surface area contributed by atoms with Crippen LogP contribution in [-0.4, -0.2) is 17.4 Å². The molecule has 0 bridgehead atoms. The smallest absolute Gasteiger partial charge is 0.219 e. The van der Waals surface area contributed by atoms with E-state index in [0.29, 0.717) is 48.0 Å². The highest BCUT2D eigenvalue weighted by Gasteiger charge is 2.19. The predicted molar refractivity (Wildman–Crippen MR) is 99.2 cm³/mol. The maximum absolute atomic E-state index is 11.9. The van der Waals surface area contributed by atoms with Gasteiger partial charge in [0.25, 0.3) is 0 Å². The summed E-state index contributed by atoms with van der Waals surface area (Å²) in [6.45, 7) is 0.390. The molecule has 2 aromatic carbocycles. The fraction of sp³-hybridized carbons (Fsp3) is 0.136. The molecule has 5 heteroatoms. The number of aromatic nitrogens is 1. The molecule has 27 heavy (non-hydrogen) atoms. The van der Waals surface area contributed by atoms with Crippen molar-refractivity contribution in [3.63, 3.8) is 0 Å². The second-order valence-corrected chi connectivity index (χ2v) is 6.23. The van der Waals surface area contributed by atoms with E-state index in [1.165, 1.54) is 0 Å². The van der Waals surface area contributed by atoms with Gasteiger partial charge >= 0.3 is 0 Å². The highest BCUT2D eigenvalue weighted by Crippen LogP contribution is 2.31. The molecule has 0 amide bonds. The van der Waals surface area contributed by atoms with E-state index >= 15 is 0 Å². The highest BCUT2D eigenvalue weighted by molar-refractivity contribution is 5.99. The van der Waals surface area contributed by atoms with E-state index in [9.17, 15) is 10.1 Å². The molecule has 1 aromatic heterocycles. The lowest BCUT2D eigenvalue weighted by Crippen LogP contribution is -2.15. The third-order valence-electron chi connectivity index (χ3n) is 4.39. The summed E-state index contributed by atoms with van der Waals surface area (Å²) in [5, 5.41) is 9.24. The molecule has 132 valence electrons. The molecule has 0 saturated heterocycles. The summed E-state index contributed by atoms with van der Waals surface area (Å²) in [5.74, 6) is 1.64. The topological polar surface area (TPSA) is 72.2 Å². The van der Waals surface area contributed by atoms with Crippen molar-refractivity contribution in [2.75, 3.05) is 6.61 Å². The van der Waals surface area contributed by atoms with Gasteiger partial charge in [-0.1, -0.05) is 18.2 Å². The first-order chi connectivity index (χ1) is 13.2. The van der Waals surface area contributed by atoms with Gasteiger partial charge in [-0.05, 0) is 41.8 Å². The summed E-state index contributed by atoms with van der Waals surface area (Å²) in [6, 6.07) is 18.7. The number of rotatable bonds is 4. The minimum absolute atomic E-state index is 0.0825. The first kappa shape index (κ1) is 16.8. The van der Waals surface area contributed by atoms with Crippen LogP contribution in [0.3, 0.4) is 0 Å². The van der Waals surface area contributed by atoms with Crippen molar-refractivity contribution >= 4 is 5.78 Å². The second kappa shape index (κ2) is 7.30. The van der Waals surface area contributed by atoms with E-state index < -0.39 is 0 Å². The zero-order valence-corrected chi connectivity index (χ0v) is 14.5. The van der Waals surface area contributed by atoms with Crippen LogP contribution in [-0.2, 0) is 6.42 Å². The van der Waals surface area contributed by atoms with Crippen molar-refractivity contribution in [1.82, 2.24) is 4.98 Å². The number of nitriles is 1. The molecule has 1 aliphatic rings. The molecular formula is C22H16N2O3. The number of hydrogen-bond acceptors (Lipinski definition) is 5. The molecule has 5 nitrogen and oxygen atoms in total. The van der Waals surface area contributed by atoms with E-state index in [1.54, 1.807) is 24.4 Å². The number of pyridine rings is 1. The summed E-state index contributed by atoms with van der Waals surface area (Å²) in [7, 11) is 0. The van der Waals surface area contributed by atoms with E-state index in [2.05, 4.69) is 11.1 Å². The summed E-state index contributed by atoms with van der Waals surface area (Å²) < 4.78 is 11.4. The molecule has 1 aliphatic heterocycles. The Morgan fingerprint density at radius 2 is 2.04 bits per heavy atom. The van der Waals surface area contributed by atoms with Crippen molar-refractivity contribution in [2.24, 2.45) is 0 Å². The van der Waals surface area contributed by atoms with Crippen molar-refractivity contribution in [2.45, 2.75) is 12.8 Å². The number of ketones is 1. The number of carbonyl (C=O) groups excluding carboxylic acids is 1. The molecule has 0 atom stereocenters. The van der Waals surface area contributed by atoms with Crippen LogP contribution in [0.1, 0.15) is 33.5 Å². The minimum Gasteiger partial charge on any atom is -0.492 e. The van der Waals surface area contributed by atoms with Crippen LogP contribution in [0.5, 0.6) is 17.4 Å². The maximum Gasteiger partial charge on any atom is 0.219 e. The van der Waals surface area contributed by atoms with Gasteiger partial charge in [0.15, 0.2) is 5.78 Å². The Hall–Kier alpha value is -3.65. The van der Waals surface area contributed by atoms with Gasteiger partial charge in [-0.15, -0.1) is 0 Å². The fourth-order valence-corrected chi connectivity index (χ4v) is 3.04. The van der Waals surface area contributed by atoms with E-state index in [-0.39, 0.29) is 5.78 Å². The van der Waals surface area contributed by atoms with Crippen molar-refractivity contribution in [3.8, 4) is 23.4 Å².